The molecule has 0 radical (unpaired) electrons. The van der Waals surface area contributed by atoms with E-state index in [-0.39, 0.29) is 5.97 Å². The number of nitrogens with zero attached hydrogens (tertiary/aromatic N) is 2. The molecule has 0 bridgehead atoms. The van der Waals surface area contributed by atoms with E-state index in [0.717, 1.165) is 5.69 Å². The van der Waals surface area contributed by atoms with Crippen molar-refractivity contribution in [2.24, 2.45) is 0 Å². The third kappa shape index (κ3) is 3.31. The molecule has 0 saturated carbocycles. The Morgan fingerprint density at radius 1 is 1.08 bits per heavy atom. The van der Waals surface area contributed by atoms with Crippen LogP contribution in [0.5, 0.6) is 0 Å². The summed E-state index contributed by atoms with van der Waals surface area (Å²) in [5, 5.41) is 1.77. The average Bonchev–Trinajstić information content (AvgIpc) is 3.17. The minimum atomic E-state index is -3.38. The highest BCUT2D eigenvalue weighted by atomic mass is 32.2. The van der Waals surface area contributed by atoms with Crippen LogP contribution in [0.2, 0.25) is 0 Å². The van der Waals surface area contributed by atoms with E-state index in [9.17, 15) is 13.2 Å². The van der Waals surface area contributed by atoms with Crippen molar-refractivity contribution in [1.29, 1.82) is 0 Å². The molecule has 1 fully saturated rings. The van der Waals surface area contributed by atoms with Gasteiger partial charge in [0.05, 0.1) is 12.7 Å². The van der Waals surface area contributed by atoms with Crippen molar-refractivity contribution in [3.63, 3.8) is 0 Å². The number of anilines is 1. The maximum Gasteiger partial charge on any atom is 0.337 e. The lowest BCUT2D eigenvalue weighted by atomic mass is 10.2. The number of carbonyl (C=O) groups excluding carboxylic acids is 1. The zero-order valence-electron chi connectivity index (χ0n) is 13.2. The minimum absolute atomic E-state index is 0.367. The fraction of sp³-hybridized carbons (Fsp3) is 0.312. The summed E-state index contributed by atoms with van der Waals surface area (Å²) < 4.78 is 31.6. The highest BCUT2D eigenvalue weighted by Crippen LogP contribution is 2.24. The van der Waals surface area contributed by atoms with Gasteiger partial charge in [-0.15, -0.1) is 11.3 Å². The number of methoxy groups -OCH3 is 1. The summed E-state index contributed by atoms with van der Waals surface area (Å²) in [4.78, 5) is 13.6. The van der Waals surface area contributed by atoms with Gasteiger partial charge in [0.15, 0.2) is 0 Å². The van der Waals surface area contributed by atoms with Crippen LogP contribution >= 0.6 is 11.3 Å². The first kappa shape index (κ1) is 16.9. The standard InChI is InChI=1S/C16H18N2O4S2/c1-22-16(19)13-4-6-14(7-5-13)17-8-10-18(11-9-17)24(20,21)15-3-2-12-23-15/h2-7,12H,8-11H2,1H3. The number of sulfonamides is 1. The highest BCUT2D eigenvalue weighted by Gasteiger charge is 2.29. The molecule has 24 heavy (non-hydrogen) atoms. The predicted octanol–water partition coefficient (Wildman–Crippen LogP) is 2.05. The van der Waals surface area contributed by atoms with Crippen molar-refractivity contribution in [3.8, 4) is 0 Å². The minimum Gasteiger partial charge on any atom is -0.465 e. The molecule has 8 heteroatoms. The maximum atomic E-state index is 12.5. The summed E-state index contributed by atoms with van der Waals surface area (Å²) in [7, 11) is -2.03. The van der Waals surface area contributed by atoms with Crippen molar-refractivity contribution in [1.82, 2.24) is 4.31 Å². The Labute approximate surface area is 145 Å². The normalized spacial score (nSPS) is 16.1. The number of carbonyl (C=O) groups is 1. The van der Waals surface area contributed by atoms with Crippen molar-refractivity contribution in [3.05, 3.63) is 47.3 Å². The van der Waals surface area contributed by atoms with Gasteiger partial charge in [-0.3, -0.25) is 0 Å². The van der Waals surface area contributed by atoms with Gasteiger partial charge in [0.2, 0.25) is 0 Å². The van der Waals surface area contributed by atoms with E-state index in [1.54, 1.807) is 29.6 Å². The number of hydrogen-bond donors (Lipinski definition) is 0. The molecular formula is C16H18N2O4S2. The van der Waals surface area contributed by atoms with Crippen molar-refractivity contribution < 1.29 is 17.9 Å². The van der Waals surface area contributed by atoms with Gasteiger partial charge in [0, 0.05) is 31.9 Å². The average molecular weight is 366 g/mol. The molecule has 1 saturated heterocycles. The van der Waals surface area contributed by atoms with E-state index in [4.69, 9.17) is 0 Å². The van der Waals surface area contributed by atoms with Gasteiger partial charge in [-0.1, -0.05) is 6.07 Å². The Kier molecular flexibility index (Phi) is 4.88. The van der Waals surface area contributed by atoms with E-state index in [0.29, 0.717) is 36.0 Å². The van der Waals surface area contributed by atoms with Gasteiger partial charge in [-0.2, -0.15) is 4.31 Å². The van der Waals surface area contributed by atoms with Gasteiger partial charge in [0.1, 0.15) is 4.21 Å². The Morgan fingerprint density at radius 2 is 1.75 bits per heavy atom. The summed E-state index contributed by atoms with van der Waals surface area (Å²) in [6, 6.07) is 10.5. The van der Waals surface area contributed by atoms with Crippen LogP contribution < -0.4 is 4.90 Å². The smallest absolute Gasteiger partial charge is 0.337 e. The topological polar surface area (TPSA) is 66.9 Å². The van der Waals surface area contributed by atoms with Crippen LogP contribution in [-0.2, 0) is 14.8 Å². The molecule has 6 nitrogen and oxygen atoms in total. The van der Waals surface area contributed by atoms with Crippen molar-refractivity contribution in [2.75, 3.05) is 38.2 Å². The van der Waals surface area contributed by atoms with Crippen molar-refractivity contribution >= 4 is 33.0 Å². The molecule has 0 spiro atoms. The summed E-state index contributed by atoms with van der Waals surface area (Å²) in [6.07, 6.45) is 0. The van der Waals surface area contributed by atoms with E-state index >= 15 is 0 Å². The molecule has 1 aliphatic rings. The first-order chi connectivity index (χ1) is 11.5. The lowest BCUT2D eigenvalue weighted by Gasteiger charge is -2.35. The number of piperazine rings is 1. The van der Waals surface area contributed by atoms with Crippen LogP contribution in [0.15, 0.2) is 46.0 Å². The van der Waals surface area contributed by atoms with Crippen LogP contribution in [-0.4, -0.2) is 52.0 Å². The number of hydrogen-bond acceptors (Lipinski definition) is 6. The molecule has 0 amide bonds. The highest BCUT2D eigenvalue weighted by molar-refractivity contribution is 7.91. The summed E-state index contributed by atoms with van der Waals surface area (Å²) in [5.41, 5.74) is 1.47. The number of benzene rings is 1. The van der Waals surface area contributed by atoms with E-state index in [1.807, 2.05) is 12.1 Å². The van der Waals surface area contributed by atoms with Crippen LogP contribution in [0.3, 0.4) is 0 Å². The Hall–Kier alpha value is -1.90. The van der Waals surface area contributed by atoms with Gasteiger partial charge in [0.25, 0.3) is 10.0 Å². The van der Waals surface area contributed by atoms with Gasteiger partial charge in [-0.05, 0) is 35.7 Å². The van der Waals surface area contributed by atoms with E-state index in [2.05, 4.69) is 9.64 Å². The second-order valence-corrected chi connectivity index (χ2v) is 8.47. The Morgan fingerprint density at radius 3 is 2.29 bits per heavy atom. The number of thiophene rings is 1. The maximum absolute atomic E-state index is 12.5. The first-order valence-electron chi connectivity index (χ1n) is 7.49. The van der Waals surface area contributed by atoms with E-state index < -0.39 is 10.0 Å². The molecule has 2 aromatic rings. The summed E-state index contributed by atoms with van der Waals surface area (Å²) in [5.74, 6) is -0.367. The molecule has 0 atom stereocenters. The molecule has 1 aliphatic heterocycles. The monoisotopic (exact) mass is 366 g/mol. The molecule has 0 aliphatic carbocycles. The van der Waals surface area contributed by atoms with Crippen LogP contribution in [0.1, 0.15) is 10.4 Å². The quantitative estimate of drug-likeness (QED) is 0.775. The number of esters is 1. The predicted molar refractivity (Wildman–Crippen MR) is 93.1 cm³/mol. The summed E-state index contributed by atoms with van der Waals surface area (Å²) in [6.45, 7) is 2.11. The van der Waals surface area contributed by atoms with Crippen LogP contribution in [0, 0.1) is 0 Å². The lowest BCUT2D eigenvalue weighted by molar-refractivity contribution is 0.0600. The second kappa shape index (κ2) is 6.92. The molecular weight excluding hydrogens is 348 g/mol. The largest absolute Gasteiger partial charge is 0.465 e. The molecule has 0 N–H and O–H groups in total. The molecule has 128 valence electrons. The lowest BCUT2D eigenvalue weighted by Crippen LogP contribution is -2.48. The zero-order valence-corrected chi connectivity index (χ0v) is 14.8. The van der Waals surface area contributed by atoms with Gasteiger partial charge < -0.3 is 9.64 Å². The molecule has 0 unspecified atom stereocenters. The van der Waals surface area contributed by atoms with Gasteiger partial charge >= 0.3 is 5.97 Å². The fourth-order valence-corrected chi connectivity index (χ4v) is 5.22. The number of ether oxygens (including phenoxy) is 1. The summed E-state index contributed by atoms with van der Waals surface area (Å²) >= 11 is 1.24. The molecule has 1 aromatic carbocycles. The van der Waals surface area contributed by atoms with Gasteiger partial charge in [-0.25, -0.2) is 13.2 Å². The third-order valence-corrected chi connectivity index (χ3v) is 7.25. The van der Waals surface area contributed by atoms with Crippen LogP contribution in [0.4, 0.5) is 5.69 Å². The second-order valence-electron chi connectivity index (χ2n) is 5.36. The van der Waals surface area contributed by atoms with E-state index in [1.165, 1.54) is 22.8 Å². The van der Waals surface area contributed by atoms with Crippen molar-refractivity contribution in [2.45, 2.75) is 4.21 Å². The number of rotatable bonds is 4. The fourth-order valence-electron chi connectivity index (χ4n) is 2.65. The third-order valence-electron chi connectivity index (χ3n) is 3.98. The Bertz CT molecular complexity index is 793. The SMILES string of the molecule is COC(=O)c1ccc(N2CCN(S(=O)(=O)c3cccs3)CC2)cc1. The zero-order chi connectivity index (χ0) is 17.2. The van der Waals surface area contributed by atoms with Crippen LogP contribution in [0.25, 0.3) is 0 Å². The molecule has 2 heterocycles. The Balaban J connectivity index is 1.66. The molecule has 1 aromatic heterocycles. The first-order valence-corrected chi connectivity index (χ1v) is 9.81. The molecule has 3 rings (SSSR count).